The van der Waals surface area contributed by atoms with Gasteiger partial charge in [-0.15, -0.1) is 0 Å². The highest BCUT2D eigenvalue weighted by molar-refractivity contribution is 7.99. The van der Waals surface area contributed by atoms with E-state index in [0.29, 0.717) is 11.3 Å². The molecule has 0 radical (unpaired) electrons. The number of thioether (sulfide) groups is 1. The first kappa shape index (κ1) is 19.2. The highest BCUT2D eigenvalue weighted by atomic mass is 32.2. The van der Waals surface area contributed by atoms with Gasteiger partial charge < -0.3 is 20.5 Å². The maximum Gasteiger partial charge on any atom is 0.325 e. The number of benzene rings is 1. The summed E-state index contributed by atoms with van der Waals surface area (Å²) in [5.74, 6) is -0.450. The molecular weight excluding hydrogens is 370 g/mol. The number of hydrogen-bond donors (Lipinski definition) is 4. The largest absolute Gasteiger partial charge is 0.481 e. The van der Waals surface area contributed by atoms with Crippen LogP contribution in [0.1, 0.15) is 24.4 Å². The number of aliphatic carboxylic acids is 2. The molecule has 1 aliphatic rings. The highest BCUT2D eigenvalue weighted by Crippen LogP contribution is 2.31. The van der Waals surface area contributed by atoms with Crippen LogP contribution >= 0.6 is 11.8 Å². The summed E-state index contributed by atoms with van der Waals surface area (Å²) in [6.07, 6.45) is 1.38. The Hall–Kier alpha value is -2.52. The number of H-pyrrole nitrogens is 1. The minimum Gasteiger partial charge on any atom is -0.481 e. The van der Waals surface area contributed by atoms with Gasteiger partial charge >= 0.3 is 11.9 Å². The van der Waals surface area contributed by atoms with Gasteiger partial charge in [-0.05, 0) is 12.1 Å². The van der Waals surface area contributed by atoms with Crippen molar-refractivity contribution in [2.75, 3.05) is 29.9 Å². The van der Waals surface area contributed by atoms with E-state index < -0.39 is 18.0 Å². The normalized spacial score (nSPS) is 16.1. The van der Waals surface area contributed by atoms with Gasteiger partial charge in [-0.2, -0.15) is 11.8 Å². The minimum absolute atomic E-state index is 0.0998. The van der Waals surface area contributed by atoms with E-state index >= 15 is 0 Å². The van der Waals surface area contributed by atoms with Crippen LogP contribution in [0.3, 0.4) is 0 Å². The summed E-state index contributed by atoms with van der Waals surface area (Å²) < 4.78 is 0. The van der Waals surface area contributed by atoms with E-state index in [1.165, 1.54) is 0 Å². The number of nitrogens with one attached hydrogen (secondary N) is 2. The molecule has 0 aliphatic carbocycles. The molecule has 144 valence electrons. The molecule has 0 saturated carbocycles. The molecule has 0 spiro atoms. The van der Waals surface area contributed by atoms with Gasteiger partial charge in [0.25, 0.3) is 0 Å². The molecule has 2 heterocycles. The number of aromatic nitrogens is 1. The van der Waals surface area contributed by atoms with Crippen LogP contribution in [-0.4, -0.2) is 62.5 Å². The fraction of sp³-hybridized carbons (Fsp3) is 0.389. The smallest absolute Gasteiger partial charge is 0.325 e. The van der Waals surface area contributed by atoms with E-state index in [1.807, 2.05) is 16.7 Å². The molecule has 1 aromatic carbocycles. The van der Waals surface area contributed by atoms with E-state index in [1.54, 1.807) is 24.4 Å². The second kappa shape index (κ2) is 8.45. The van der Waals surface area contributed by atoms with Crippen LogP contribution in [0, 0.1) is 0 Å². The molecular formula is C18H21N3O5S. The zero-order valence-electron chi connectivity index (χ0n) is 14.6. The van der Waals surface area contributed by atoms with Crippen molar-refractivity contribution in [1.29, 1.82) is 0 Å². The summed E-state index contributed by atoms with van der Waals surface area (Å²) in [4.78, 5) is 39.3. The van der Waals surface area contributed by atoms with Gasteiger partial charge in [0, 0.05) is 59.4 Å². The number of fused-ring (bicyclic) bond motifs is 1. The van der Waals surface area contributed by atoms with Gasteiger partial charge in [-0.3, -0.25) is 19.3 Å². The van der Waals surface area contributed by atoms with Crippen LogP contribution in [-0.2, 0) is 14.4 Å². The first-order chi connectivity index (χ1) is 13.0. The van der Waals surface area contributed by atoms with Crippen molar-refractivity contribution in [2.24, 2.45) is 0 Å². The SMILES string of the molecule is O=C(O)CCC(=O)Nc1ccc2c([C@H](C(=O)O)N3CCSCC3)c[nH]c2c1. The zero-order chi connectivity index (χ0) is 19.4. The number of carboxylic acid groups (broad SMARTS) is 2. The second-order valence-corrected chi connectivity index (χ2v) is 7.56. The molecule has 9 heteroatoms. The second-order valence-electron chi connectivity index (χ2n) is 6.34. The van der Waals surface area contributed by atoms with Crippen molar-refractivity contribution >= 4 is 46.2 Å². The molecule has 0 unspecified atom stereocenters. The molecule has 1 saturated heterocycles. The van der Waals surface area contributed by atoms with Crippen LogP contribution in [0.5, 0.6) is 0 Å². The zero-order valence-corrected chi connectivity index (χ0v) is 15.4. The summed E-state index contributed by atoms with van der Waals surface area (Å²) in [6.45, 7) is 1.46. The number of anilines is 1. The Balaban J connectivity index is 1.81. The average Bonchev–Trinajstić information content (AvgIpc) is 3.04. The fourth-order valence-electron chi connectivity index (χ4n) is 3.22. The summed E-state index contributed by atoms with van der Waals surface area (Å²) >= 11 is 1.82. The first-order valence-electron chi connectivity index (χ1n) is 8.63. The molecule has 1 aliphatic heterocycles. The van der Waals surface area contributed by atoms with Crippen molar-refractivity contribution in [3.63, 3.8) is 0 Å². The quantitative estimate of drug-likeness (QED) is 0.570. The Morgan fingerprint density at radius 2 is 1.93 bits per heavy atom. The Morgan fingerprint density at radius 3 is 2.59 bits per heavy atom. The highest BCUT2D eigenvalue weighted by Gasteiger charge is 2.30. The summed E-state index contributed by atoms with van der Waals surface area (Å²) in [6, 6.07) is 4.49. The topological polar surface area (TPSA) is 123 Å². The van der Waals surface area contributed by atoms with E-state index in [4.69, 9.17) is 5.11 Å². The van der Waals surface area contributed by atoms with Gasteiger partial charge in [0.1, 0.15) is 6.04 Å². The lowest BCUT2D eigenvalue weighted by atomic mass is 10.0. The van der Waals surface area contributed by atoms with E-state index in [2.05, 4.69) is 10.3 Å². The number of hydrogen-bond acceptors (Lipinski definition) is 5. The molecule has 27 heavy (non-hydrogen) atoms. The monoisotopic (exact) mass is 391 g/mol. The third-order valence-electron chi connectivity index (χ3n) is 4.50. The lowest BCUT2D eigenvalue weighted by Gasteiger charge is -2.31. The van der Waals surface area contributed by atoms with Gasteiger partial charge in [0.05, 0.1) is 6.42 Å². The third kappa shape index (κ3) is 4.61. The van der Waals surface area contributed by atoms with Crippen LogP contribution in [0.15, 0.2) is 24.4 Å². The van der Waals surface area contributed by atoms with E-state index in [-0.39, 0.29) is 18.7 Å². The summed E-state index contributed by atoms with van der Waals surface area (Å²) in [5.41, 5.74) is 1.96. The molecule has 1 aromatic heterocycles. The molecule has 1 atom stereocenters. The van der Waals surface area contributed by atoms with Crippen LogP contribution < -0.4 is 5.32 Å². The van der Waals surface area contributed by atoms with E-state index in [9.17, 15) is 19.5 Å². The van der Waals surface area contributed by atoms with Crippen molar-refractivity contribution < 1.29 is 24.6 Å². The standard InChI is InChI=1S/C18H21N3O5S/c22-15(3-4-16(23)24)20-11-1-2-12-13(10-19-14(12)9-11)17(18(25)26)21-5-7-27-8-6-21/h1-2,9-10,17,19H,3-8H2,(H,20,22)(H,23,24)(H,25,26)/t17-/m1/s1. The molecule has 3 rings (SSSR count). The van der Waals surface area contributed by atoms with Crippen LogP contribution in [0.25, 0.3) is 10.9 Å². The number of carbonyl (C=O) groups is 3. The Morgan fingerprint density at radius 1 is 1.19 bits per heavy atom. The van der Waals surface area contributed by atoms with E-state index in [0.717, 1.165) is 35.5 Å². The van der Waals surface area contributed by atoms with Crippen molar-refractivity contribution in [3.8, 4) is 0 Å². The summed E-state index contributed by atoms with van der Waals surface area (Å²) in [5, 5.41) is 21.9. The maximum atomic E-state index is 11.9. The Labute approximate surface area is 159 Å². The molecule has 8 nitrogen and oxygen atoms in total. The predicted molar refractivity (Wildman–Crippen MR) is 103 cm³/mol. The van der Waals surface area contributed by atoms with Gasteiger partial charge in [-0.25, -0.2) is 0 Å². The Kier molecular flexibility index (Phi) is 6.02. The number of nitrogens with zero attached hydrogens (tertiary/aromatic N) is 1. The summed E-state index contributed by atoms with van der Waals surface area (Å²) in [7, 11) is 0. The Bertz CT molecular complexity index is 860. The van der Waals surface area contributed by atoms with Crippen molar-refractivity contribution in [2.45, 2.75) is 18.9 Å². The average molecular weight is 391 g/mol. The number of amides is 1. The molecule has 1 amide bonds. The predicted octanol–water partition coefficient (Wildman–Crippen LogP) is 2.15. The lowest BCUT2D eigenvalue weighted by Crippen LogP contribution is -2.39. The molecule has 0 bridgehead atoms. The molecule has 2 aromatic rings. The van der Waals surface area contributed by atoms with Gasteiger partial charge in [0.2, 0.25) is 5.91 Å². The number of aromatic amines is 1. The fourth-order valence-corrected chi connectivity index (χ4v) is 4.15. The number of carbonyl (C=O) groups excluding carboxylic acids is 1. The van der Waals surface area contributed by atoms with Crippen LogP contribution in [0.2, 0.25) is 0 Å². The van der Waals surface area contributed by atoms with Gasteiger partial charge in [-0.1, -0.05) is 6.07 Å². The van der Waals surface area contributed by atoms with Crippen molar-refractivity contribution in [1.82, 2.24) is 9.88 Å². The number of carboxylic acids is 2. The van der Waals surface area contributed by atoms with Gasteiger partial charge in [0.15, 0.2) is 0 Å². The van der Waals surface area contributed by atoms with Crippen LogP contribution in [0.4, 0.5) is 5.69 Å². The lowest BCUT2D eigenvalue weighted by molar-refractivity contribution is -0.143. The minimum atomic E-state index is -1.02. The van der Waals surface area contributed by atoms with Crippen molar-refractivity contribution in [3.05, 3.63) is 30.0 Å². The number of rotatable bonds is 7. The molecule has 1 fully saturated rings. The maximum absolute atomic E-state index is 11.9. The molecule has 4 N–H and O–H groups in total. The first-order valence-corrected chi connectivity index (χ1v) is 9.78. The third-order valence-corrected chi connectivity index (χ3v) is 5.45.